The first-order valence-electron chi connectivity index (χ1n) is 6.67. The van der Waals surface area contributed by atoms with Gasteiger partial charge in [0.2, 0.25) is 0 Å². The van der Waals surface area contributed by atoms with Crippen LogP contribution in [0.25, 0.3) is 0 Å². The van der Waals surface area contributed by atoms with E-state index in [0.717, 1.165) is 12.8 Å². The van der Waals surface area contributed by atoms with Crippen molar-refractivity contribution in [3.63, 3.8) is 0 Å². The average Bonchev–Trinajstić information content (AvgIpc) is 2.47. The number of amides is 1. The maximum Gasteiger partial charge on any atom is 0.303 e. The van der Waals surface area contributed by atoms with Gasteiger partial charge >= 0.3 is 5.97 Å². The molecule has 21 heavy (non-hydrogen) atoms. The molecule has 0 aliphatic carbocycles. The molecule has 8 heteroatoms. The van der Waals surface area contributed by atoms with Crippen LogP contribution in [0, 0.1) is 5.92 Å². The number of rotatable bonds is 4. The molecule has 114 valence electrons. The van der Waals surface area contributed by atoms with Crippen molar-refractivity contribution in [1.29, 1.82) is 0 Å². The molecule has 1 aromatic heterocycles. The standard InChI is InChI=1S/C13H15Cl2N3O3/c14-10-6-9(12(15)17-16-10)13(21)18-5-1-2-8(7-18)3-4-11(19)20/h6,8H,1-5,7H2,(H,19,20). The Labute approximate surface area is 132 Å². The van der Waals surface area contributed by atoms with Crippen molar-refractivity contribution in [2.24, 2.45) is 5.92 Å². The lowest BCUT2D eigenvalue weighted by Crippen LogP contribution is -2.40. The van der Waals surface area contributed by atoms with Crippen LogP contribution >= 0.6 is 23.2 Å². The largest absolute Gasteiger partial charge is 0.481 e. The Hall–Kier alpha value is -1.40. The predicted octanol–water partition coefficient (Wildman–Crippen LogP) is 2.50. The van der Waals surface area contributed by atoms with Crippen LogP contribution in [0.15, 0.2) is 6.07 Å². The number of halogens is 2. The van der Waals surface area contributed by atoms with E-state index in [2.05, 4.69) is 10.2 Å². The van der Waals surface area contributed by atoms with Gasteiger partial charge in [0.1, 0.15) is 0 Å². The van der Waals surface area contributed by atoms with Gasteiger partial charge in [-0.3, -0.25) is 9.59 Å². The summed E-state index contributed by atoms with van der Waals surface area (Å²) in [6, 6.07) is 1.40. The van der Waals surface area contributed by atoms with Crippen molar-refractivity contribution in [1.82, 2.24) is 15.1 Å². The Balaban J connectivity index is 2.05. The van der Waals surface area contributed by atoms with Crippen molar-refractivity contribution < 1.29 is 14.7 Å². The summed E-state index contributed by atoms with van der Waals surface area (Å²) >= 11 is 11.6. The van der Waals surface area contributed by atoms with Crippen LogP contribution in [0.2, 0.25) is 10.3 Å². The number of hydrogen-bond donors (Lipinski definition) is 1. The zero-order chi connectivity index (χ0) is 15.4. The summed E-state index contributed by atoms with van der Waals surface area (Å²) in [7, 11) is 0. The molecule has 1 atom stereocenters. The number of piperidine rings is 1. The highest BCUT2D eigenvalue weighted by atomic mass is 35.5. The van der Waals surface area contributed by atoms with Gasteiger partial charge in [0.15, 0.2) is 10.3 Å². The van der Waals surface area contributed by atoms with Crippen LogP contribution in [0.5, 0.6) is 0 Å². The summed E-state index contributed by atoms with van der Waals surface area (Å²) in [5, 5.41) is 16.1. The Kier molecular flexibility index (Phi) is 5.36. The summed E-state index contributed by atoms with van der Waals surface area (Å²) in [6.45, 7) is 1.15. The van der Waals surface area contributed by atoms with Gasteiger partial charge in [0.05, 0.1) is 5.56 Å². The fourth-order valence-corrected chi connectivity index (χ4v) is 2.81. The van der Waals surface area contributed by atoms with Gasteiger partial charge in [-0.15, -0.1) is 10.2 Å². The number of nitrogens with zero attached hydrogens (tertiary/aromatic N) is 3. The minimum Gasteiger partial charge on any atom is -0.481 e. The van der Waals surface area contributed by atoms with Gasteiger partial charge in [-0.25, -0.2) is 0 Å². The van der Waals surface area contributed by atoms with Crippen LogP contribution in [0.3, 0.4) is 0 Å². The van der Waals surface area contributed by atoms with Crippen LogP contribution in [-0.4, -0.2) is 45.2 Å². The van der Waals surface area contributed by atoms with Crippen molar-refractivity contribution in [2.45, 2.75) is 25.7 Å². The zero-order valence-corrected chi connectivity index (χ0v) is 12.8. The molecule has 2 heterocycles. The summed E-state index contributed by atoms with van der Waals surface area (Å²) in [5.74, 6) is -0.855. The normalized spacial score (nSPS) is 18.6. The molecule has 1 aliphatic rings. The lowest BCUT2D eigenvalue weighted by Gasteiger charge is -2.32. The topological polar surface area (TPSA) is 83.4 Å². The third-order valence-corrected chi connectivity index (χ3v) is 3.99. The molecule has 2 rings (SSSR count). The van der Waals surface area contributed by atoms with Crippen molar-refractivity contribution in [3.05, 3.63) is 21.9 Å². The van der Waals surface area contributed by atoms with Gasteiger partial charge in [0.25, 0.3) is 5.91 Å². The second kappa shape index (κ2) is 7.04. The van der Waals surface area contributed by atoms with Gasteiger partial charge in [-0.2, -0.15) is 0 Å². The quantitative estimate of drug-likeness (QED) is 0.916. The van der Waals surface area contributed by atoms with E-state index >= 15 is 0 Å². The molecule has 6 nitrogen and oxygen atoms in total. The number of aliphatic carboxylic acids is 1. The summed E-state index contributed by atoms with van der Waals surface area (Å²) in [4.78, 5) is 24.8. The third kappa shape index (κ3) is 4.28. The summed E-state index contributed by atoms with van der Waals surface area (Å²) < 4.78 is 0. The van der Waals surface area contributed by atoms with Gasteiger partial charge in [-0.05, 0) is 31.2 Å². The molecular formula is C13H15Cl2N3O3. The Bertz CT molecular complexity index is 553. The molecule has 1 amide bonds. The van der Waals surface area contributed by atoms with Crippen LogP contribution in [0.1, 0.15) is 36.0 Å². The van der Waals surface area contributed by atoms with E-state index in [1.54, 1.807) is 4.90 Å². The lowest BCUT2D eigenvalue weighted by atomic mass is 9.93. The summed E-state index contributed by atoms with van der Waals surface area (Å²) in [5.41, 5.74) is 0.232. The number of aromatic nitrogens is 2. The fourth-order valence-electron chi connectivity index (χ4n) is 2.49. The van der Waals surface area contributed by atoms with E-state index in [1.807, 2.05) is 0 Å². The van der Waals surface area contributed by atoms with Gasteiger partial charge in [-0.1, -0.05) is 23.2 Å². The van der Waals surface area contributed by atoms with E-state index in [1.165, 1.54) is 6.07 Å². The molecule has 0 saturated carbocycles. The highest BCUT2D eigenvalue weighted by molar-refractivity contribution is 6.34. The highest BCUT2D eigenvalue weighted by Gasteiger charge is 2.26. The smallest absolute Gasteiger partial charge is 0.303 e. The Morgan fingerprint density at radius 3 is 2.86 bits per heavy atom. The highest BCUT2D eigenvalue weighted by Crippen LogP contribution is 2.24. The molecular weight excluding hydrogens is 317 g/mol. The number of carboxylic acid groups (broad SMARTS) is 1. The SMILES string of the molecule is O=C(O)CCC1CCCN(C(=O)c2cc(Cl)nnc2Cl)C1. The van der Waals surface area contributed by atoms with Crippen molar-refractivity contribution in [2.75, 3.05) is 13.1 Å². The minimum atomic E-state index is -0.813. The number of carbonyl (C=O) groups excluding carboxylic acids is 1. The molecule has 1 N–H and O–H groups in total. The monoisotopic (exact) mass is 331 g/mol. The first-order chi connectivity index (χ1) is 9.97. The first-order valence-corrected chi connectivity index (χ1v) is 7.42. The molecule has 1 fully saturated rings. The molecule has 0 radical (unpaired) electrons. The Morgan fingerprint density at radius 2 is 2.14 bits per heavy atom. The Morgan fingerprint density at radius 1 is 1.38 bits per heavy atom. The maximum atomic E-state index is 12.5. The van der Waals surface area contributed by atoms with E-state index in [9.17, 15) is 9.59 Å². The average molecular weight is 332 g/mol. The van der Waals surface area contributed by atoms with Crippen LogP contribution in [0.4, 0.5) is 0 Å². The summed E-state index contributed by atoms with van der Waals surface area (Å²) in [6.07, 6.45) is 2.47. The van der Waals surface area contributed by atoms with Crippen molar-refractivity contribution in [3.8, 4) is 0 Å². The molecule has 0 bridgehead atoms. The number of hydrogen-bond acceptors (Lipinski definition) is 4. The predicted molar refractivity (Wildman–Crippen MR) is 77.5 cm³/mol. The molecule has 0 aromatic carbocycles. The second-order valence-corrected chi connectivity index (χ2v) is 5.81. The number of carboxylic acids is 1. The zero-order valence-electron chi connectivity index (χ0n) is 11.3. The second-order valence-electron chi connectivity index (χ2n) is 5.06. The minimum absolute atomic E-state index is 0.0251. The molecule has 1 aliphatic heterocycles. The van der Waals surface area contributed by atoms with Gasteiger partial charge in [0, 0.05) is 19.5 Å². The maximum absolute atomic E-state index is 12.5. The van der Waals surface area contributed by atoms with Gasteiger partial charge < -0.3 is 10.0 Å². The number of carbonyl (C=O) groups is 2. The number of likely N-dealkylation sites (tertiary alicyclic amines) is 1. The first kappa shape index (κ1) is 16.0. The lowest BCUT2D eigenvalue weighted by molar-refractivity contribution is -0.137. The molecule has 1 saturated heterocycles. The molecule has 0 spiro atoms. The van der Waals surface area contributed by atoms with E-state index < -0.39 is 5.97 Å². The van der Waals surface area contributed by atoms with E-state index in [4.69, 9.17) is 28.3 Å². The van der Waals surface area contributed by atoms with Crippen LogP contribution in [-0.2, 0) is 4.79 Å². The molecule has 1 aromatic rings. The fraction of sp³-hybridized carbons (Fsp3) is 0.538. The van der Waals surface area contributed by atoms with E-state index in [0.29, 0.717) is 19.5 Å². The van der Waals surface area contributed by atoms with Crippen LogP contribution < -0.4 is 0 Å². The molecule has 1 unspecified atom stereocenters. The van der Waals surface area contributed by atoms with Crippen molar-refractivity contribution >= 4 is 35.1 Å². The third-order valence-electron chi connectivity index (χ3n) is 3.52. The van der Waals surface area contributed by atoms with E-state index in [-0.39, 0.29) is 34.1 Å².